The first-order valence-electron chi connectivity index (χ1n) is 6.43. The average molecular weight is 226 g/mol. The molecule has 2 fully saturated rings. The lowest BCUT2D eigenvalue weighted by Gasteiger charge is -2.22. The molecule has 92 valence electrons. The highest BCUT2D eigenvalue weighted by molar-refractivity contribution is 5.76. The van der Waals surface area contributed by atoms with E-state index in [1.165, 1.54) is 12.8 Å². The Morgan fingerprint density at radius 3 is 3.00 bits per heavy atom. The summed E-state index contributed by atoms with van der Waals surface area (Å²) in [5.74, 6) is 0.773. The van der Waals surface area contributed by atoms with Gasteiger partial charge in [0, 0.05) is 13.2 Å². The predicted molar refractivity (Wildman–Crippen MR) is 62.2 cm³/mol. The van der Waals surface area contributed by atoms with Crippen molar-refractivity contribution in [2.75, 3.05) is 26.2 Å². The number of amides is 1. The first-order chi connectivity index (χ1) is 7.84. The summed E-state index contributed by atoms with van der Waals surface area (Å²) in [5.41, 5.74) is 0. The lowest BCUT2D eigenvalue weighted by Crippen LogP contribution is -2.34. The Balaban J connectivity index is 1.59. The highest BCUT2D eigenvalue weighted by Crippen LogP contribution is 2.15. The van der Waals surface area contributed by atoms with E-state index in [4.69, 9.17) is 4.74 Å². The molecular formula is C12H22N2O2. The van der Waals surface area contributed by atoms with Crippen LogP contribution >= 0.6 is 0 Å². The van der Waals surface area contributed by atoms with Gasteiger partial charge in [0.2, 0.25) is 5.91 Å². The van der Waals surface area contributed by atoms with E-state index in [1.807, 2.05) is 0 Å². The van der Waals surface area contributed by atoms with Crippen molar-refractivity contribution in [3.05, 3.63) is 0 Å². The Morgan fingerprint density at radius 1 is 1.38 bits per heavy atom. The highest BCUT2D eigenvalue weighted by atomic mass is 16.5. The Hall–Kier alpha value is -0.610. The Morgan fingerprint density at radius 2 is 2.31 bits per heavy atom. The zero-order chi connectivity index (χ0) is 11.2. The third kappa shape index (κ3) is 3.76. The zero-order valence-corrected chi connectivity index (χ0v) is 9.84. The van der Waals surface area contributed by atoms with Crippen LogP contribution in [-0.4, -0.2) is 38.3 Å². The van der Waals surface area contributed by atoms with Gasteiger partial charge in [-0.1, -0.05) is 0 Å². The van der Waals surface area contributed by atoms with E-state index in [1.54, 1.807) is 0 Å². The Labute approximate surface area is 97.1 Å². The van der Waals surface area contributed by atoms with Crippen LogP contribution < -0.4 is 10.6 Å². The molecule has 0 bridgehead atoms. The van der Waals surface area contributed by atoms with Crippen LogP contribution in [0.15, 0.2) is 0 Å². The Bertz CT molecular complexity index is 221. The van der Waals surface area contributed by atoms with Gasteiger partial charge in [-0.2, -0.15) is 0 Å². The third-order valence-corrected chi connectivity index (χ3v) is 3.44. The predicted octanol–water partition coefficient (Wildman–Crippen LogP) is 0.671. The molecule has 0 spiro atoms. The lowest BCUT2D eigenvalue weighted by molar-refractivity contribution is -0.125. The minimum Gasteiger partial charge on any atom is -0.378 e. The molecule has 2 aliphatic heterocycles. The first kappa shape index (κ1) is 11.9. The van der Waals surface area contributed by atoms with E-state index in [0.717, 1.165) is 39.1 Å². The van der Waals surface area contributed by atoms with Crippen molar-refractivity contribution in [3.8, 4) is 0 Å². The zero-order valence-electron chi connectivity index (χ0n) is 9.84. The fourth-order valence-corrected chi connectivity index (χ4v) is 2.39. The standard InChI is InChI=1S/C12H22N2O2/c15-12(7-11-3-1-2-6-16-11)14-9-10-4-5-13-8-10/h10-11,13H,1-9H2,(H,14,15). The van der Waals surface area contributed by atoms with Crippen LogP contribution in [0.25, 0.3) is 0 Å². The van der Waals surface area contributed by atoms with Crippen LogP contribution in [-0.2, 0) is 9.53 Å². The molecule has 0 aliphatic carbocycles. The molecule has 2 heterocycles. The normalized spacial score (nSPS) is 30.2. The van der Waals surface area contributed by atoms with Crippen molar-refractivity contribution in [3.63, 3.8) is 0 Å². The maximum Gasteiger partial charge on any atom is 0.222 e. The van der Waals surface area contributed by atoms with Crippen LogP contribution in [0.4, 0.5) is 0 Å². The average Bonchev–Trinajstić information content (AvgIpc) is 2.81. The summed E-state index contributed by atoms with van der Waals surface area (Å²) in [4.78, 5) is 11.7. The van der Waals surface area contributed by atoms with Gasteiger partial charge in [0.05, 0.1) is 12.5 Å². The molecule has 0 aromatic carbocycles. The maximum absolute atomic E-state index is 11.7. The molecule has 0 radical (unpaired) electrons. The minimum absolute atomic E-state index is 0.152. The Kier molecular flexibility index (Phi) is 4.60. The van der Waals surface area contributed by atoms with Gasteiger partial charge in [0.25, 0.3) is 0 Å². The molecule has 2 rings (SSSR count). The van der Waals surface area contributed by atoms with Crippen LogP contribution in [0, 0.1) is 5.92 Å². The van der Waals surface area contributed by atoms with Crippen LogP contribution in [0.1, 0.15) is 32.1 Å². The molecule has 2 saturated heterocycles. The number of nitrogens with one attached hydrogen (secondary N) is 2. The number of rotatable bonds is 4. The summed E-state index contributed by atoms with van der Waals surface area (Å²) in [6, 6.07) is 0. The molecule has 2 N–H and O–H groups in total. The van der Waals surface area contributed by atoms with E-state index in [-0.39, 0.29) is 12.0 Å². The first-order valence-corrected chi connectivity index (χ1v) is 6.43. The molecule has 1 amide bonds. The second kappa shape index (κ2) is 6.21. The number of hydrogen-bond donors (Lipinski definition) is 2. The van der Waals surface area contributed by atoms with E-state index in [9.17, 15) is 4.79 Å². The number of hydrogen-bond acceptors (Lipinski definition) is 3. The molecule has 2 aliphatic rings. The van der Waals surface area contributed by atoms with Gasteiger partial charge >= 0.3 is 0 Å². The molecule has 4 heteroatoms. The number of carbonyl (C=O) groups excluding carboxylic acids is 1. The van der Waals surface area contributed by atoms with Gasteiger partial charge in [-0.15, -0.1) is 0 Å². The quantitative estimate of drug-likeness (QED) is 0.741. The molecule has 0 aromatic rings. The van der Waals surface area contributed by atoms with Gasteiger partial charge in [-0.25, -0.2) is 0 Å². The maximum atomic E-state index is 11.7. The fourth-order valence-electron chi connectivity index (χ4n) is 2.39. The molecule has 0 saturated carbocycles. The van der Waals surface area contributed by atoms with E-state index in [0.29, 0.717) is 12.3 Å². The third-order valence-electron chi connectivity index (χ3n) is 3.44. The molecule has 16 heavy (non-hydrogen) atoms. The van der Waals surface area contributed by atoms with E-state index in [2.05, 4.69) is 10.6 Å². The summed E-state index contributed by atoms with van der Waals surface area (Å²) < 4.78 is 5.55. The molecular weight excluding hydrogens is 204 g/mol. The summed E-state index contributed by atoms with van der Waals surface area (Å²) in [7, 11) is 0. The van der Waals surface area contributed by atoms with Crippen molar-refractivity contribution in [1.82, 2.24) is 10.6 Å². The fraction of sp³-hybridized carbons (Fsp3) is 0.917. The summed E-state index contributed by atoms with van der Waals surface area (Å²) >= 11 is 0. The van der Waals surface area contributed by atoms with E-state index < -0.39 is 0 Å². The second-order valence-electron chi connectivity index (χ2n) is 4.86. The topological polar surface area (TPSA) is 50.4 Å². The van der Waals surface area contributed by atoms with Gasteiger partial charge in [-0.3, -0.25) is 4.79 Å². The summed E-state index contributed by atoms with van der Waals surface area (Å²) in [6.07, 6.45) is 5.27. The van der Waals surface area contributed by atoms with Crippen LogP contribution in [0.5, 0.6) is 0 Å². The molecule has 2 atom stereocenters. The SMILES string of the molecule is O=C(CC1CCCCO1)NCC1CCNC1. The largest absolute Gasteiger partial charge is 0.378 e. The van der Waals surface area contributed by atoms with E-state index >= 15 is 0 Å². The number of carbonyl (C=O) groups is 1. The van der Waals surface area contributed by atoms with Crippen molar-refractivity contribution in [1.29, 1.82) is 0 Å². The summed E-state index contributed by atoms with van der Waals surface area (Å²) in [5, 5.41) is 6.31. The molecule has 4 nitrogen and oxygen atoms in total. The van der Waals surface area contributed by atoms with Gasteiger partial charge < -0.3 is 15.4 Å². The van der Waals surface area contributed by atoms with Crippen molar-refractivity contribution < 1.29 is 9.53 Å². The molecule has 2 unspecified atom stereocenters. The second-order valence-corrected chi connectivity index (χ2v) is 4.86. The van der Waals surface area contributed by atoms with Crippen LogP contribution in [0.2, 0.25) is 0 Å². The minimum atomic E-state index is 0.152. The highest BCUT2D eigenvalue weighted by Gasteiger charge is 2.19. The van der Waals surface area contributed by atoms with Crippen molar-refractivity contribution in [2.45, 2.75) is 38.2 Å². The van der Waals surface area contributed by atoms with Crippen LogP contribution in [0.3, 0.4) is 0 Å². The molecule has 0 aromatic heterocycles. The van der Waals surface area contributed by atoms with Gasteiger partial charge in [-0.05, 0) is 44.7 Å². The summed E-state index contributed by atoms with van der Waals surface area (Å²) in [6.45, 7) is 3.77. The van der Waals surface area contributed by atoms with Crippen molar-refractivity contribution in [2.24, 2.45) is 5.92 Å². The monoisotopic (exact) mass is 226 g/mol. The van der Waals surface area contributed by atoms with Gasteiger partial charge in [0.1, 0.15) is 0 Å². The van der Waals surface area contributed by atoms with Crippen molar-refractivity contribution >= 4 is 5.91 Å². The number of ether oxygens (including phenoxy) is 1. The lowest BCUT2D eigenvalue weighted by atomic mass is 10.1. The smallest absolute Gasteiger partial charge is 0.222 e. The van der Waals surface area contributed by atoms with Gasteiger partial charge in [0.15, 0.2) is 0 Å².